The maximum atomic E-state index is 12.5. The predicted molar refractivity (Wildman–Crippen MR) is 116 cm³/mol. The number of rotatable bonds is 7. The van der Waals surface area contributed by atoms with Crippen LogP contribution >= 0.6 is 28.1 Å². The number of thiocarbonyl (C=S) groups is 1. The predicted octanol–water partition coefficient (Wildman–Crippen LogP) is 4.54. The number of hydrogen-bond acceptors (Lipinski definition) is 5. The number of esters is 1. The molecule has 2 rings (SSSR count). The zero-order chi connectivity index (χ0) is 20.5. The largest absolute Gasteiger partial charge is 0.493 e. The van der Waals surface area contributed by atoms with Crippen molar-refractivity contribution in [1.82, 2.24) is 5.32 Å². The molecular formula is C20H21BrN2O4S. The number of anilines is 1. The maximum absolute atomic E-state index is 12.5. The minimum absolute atomic E-state index is 0.133. The summed E-state index contributed by atoms with van der Waals surface area (Å²) in [5, 5.41) is 5.67. The molecule has 1 amide bonds. The molecule has 148 valence electrons. The molecule has 0 atom stereocenters. The highest BCUT2D eigenvalue weighted by atomic mass is 79.9. The smallest absolute Gasteiger partial charge is 0.338 e. The first kappa shape index (κ1) is 21.8. The molecule has 0 spiro atoms. The number of nitrogens with one attached hydrogen (secondary N) is 2. The molecule has 28 heavy (non-hydrogen) atoms. The molecule has 0 unspecified atom stereocenters. The normalized spacial score (nSPS) is 10.1. The Kier molecular flexibility index (Phi) is 8.41. The molecule has 0 saturated carbocycles. The molecule has 2 N–H and O–H groups in total. The van der Waals surface area contributed by atoms with E-state index >= 15 is 0 Å². The van der Waals surface area contributed by atoms with E-state index in [0.29, 0.717) is 35.8 Å². The Morgan fingerprint density at radius 3 is 2.46 bits per heavy atom. The molecule has 0 fully saturated rings. The van der Waals surface area contributed by atoms with E-state index in [1.165, 1.54) is 0 Å². The van der Waals surface area contributed by atoms with Crippen LogP contribution in [0.2, 0.25) is 0 Å². The van der Waals surface area contributed by atoms with E-state index in [1.807, 2.05) is 13.8 Å². The van der Waals surface area contributed by atoms with Crippen LogP contribution in [0.25, 0.3) is 0 Å². The van der Waals surface area contributed by atoms with Crippen molar-refractivity contribution in [3.8, 4) is 5.75 Å². The van der Waals surface area contributed by atoms with Crippen molar-refractivity contribution in [2.75, 3.05) is 18.5 Å². The fraction of sp³-hybridized carbons (Fsp3) is 0.250. The Hall–Kier alpha value is -2.45. The van der Waals surface area contributed by atoms with Crippen molar-refractivity contribution in [3.63, 3.8) is 0 Å². The number of hydrogen-bond donors (Lipinski definition) is 2. The summed E-state index contributed by atoms with van der Waals surface area (Å²) in [5.74, 6) is -0.287. The summed E-state index contributed by atoms with van der Waals surface area (Å²) in [4.78, 5) is 24.3. The second-order valence-electron chi connectivity index (χ2n) is 5.70. The highest BCUT2D eigenvalue weighted by Gasteiger charge is 2.15. The lowest BCUT2D eigenvalue weighted by Gasteiger charge is -2.13. The molecule has 8 heteroatoms. The standard InChI is InChI=1S/C20H21BrN2O4S/c1-3-11-27-19(25)13-5-8-15(9-6-13)22-20(28)23-18(24)16-12-14(21)7-10-17(16)26-4-2/h5-10,12H,3-4,11H2,1-2H3,(H2,22,23,24,28). The summed E-state index contributed by atoms with van der Waals surface area (Å²) in [6, 6.07) is 11.8. The van der Waals surface area contributed by atoms with Gasteiger partial charge in [0.2, 0.25) is 0 Å². The van der Waals surface area contributed by atoms with Crippen LogP contribution in [0.15, 0.2) is 46.9 Å². The molecule has 0 aromatic heterocycles. The van der Waals surface area contributed by atoms with Gasteiger partial charge in [0.1, 0.15) is 5.75 Å². The van der Waals surface area contributed by atoms with Gasteiger partial charge in [0, 0.05) is 10.2 Å². The van der Waals surface area contributed by atoms with Crippen molar-refractivity contribution in [1.29, 1.82) is 0 Å². The molecule has 0 saturated heterocycles. The van der Waals surface area contributed by atoms with Gasteiger partial charge in [0.05, 0.1) is 24.3 Å². The first-order chi connectivity index (χ1) is 13.4. The molecule has 0 aliphatic rings. The van der Waals surface area contributed by atoms with Gasteiger partial charge in [0.25, 0.3) is 5.91 Å². The first-order valence-corrected chi connectivity index (χ1v) is 9.96. The third-order valence-corrected chi connectivity index (χ3v) is 4.23. The van der Waals surface area contributed by atoms with Crippen LogP contribution in [0.3, 0.4) is 0 Å². The van der Waals surface area contributed by atoms with E-state index < -0.39 is 0 Å². The van der Waals surface area contributed by atoms with Gasteiger partial charge in [-0.15, -0.1) is 0 Å². The van der Waals surface area contributed by atoms with E-state index in [0.717, 1.165) is 10.9 Å². The molecule has 0 radical (unpaired) electrons. The fourth-order valence-corrected chi connectivity index (χ4v) is 2.83. The molecule has 2 aromatic rings. The lowest BCUT2D eigenvalue weighted by Crippen LogP contribution is -2.34. The Balaban J connectivity index is 1.99. The Morgan fingerprint density at radius 2 is 1.82 bits per heavy atom. The zero-order valence-electron chi connectivity index (χ0n) is 15.6. The number of benzene rings is 2. The average molecular weight is 465 g/mol. The summed E-state index contributed by atoms with van der Waals surface area (Å²) in [6.45, 7) is 4.60. The summed E-state index contributed by atoms with van der Waals surface area (Å²) in [6.07, 6.45) is 0.766. The lowest BCUT2D eigenvalue weighted by molar-refractivity contribution is 0.0505. The minimum atomic E-state index is -0.387. The van der Waals surface area contributed by atoms with Gasteiger partial charge in [0.15, 0.2) is 5.11 Å². The molecule has 0 aliphatic heterocycles. The Bertz CT molecular complexity index is 856. The highest BCUT2D eigenvalue weighted by molar-refractivity contribution is 9.10. The third kappa shape index (κ3) is 6.31. The van der Waals surface area contributed by atoms with Gasteiger partial charge in [-0.2, -0.15) is 0 Å². The summed E-state index contributed by atoms with van der Waals surface area (Å²) < 4.78 is 11.3. The van der Waals surface area contributed by atoms with Gasteiger partial charge in [-0.25, -0.2) is 4.79 Å². The van der Waals surface area contributed by atoms with Gasteiger partial charge >= 0.3 is 5.97 Å². The van der Waals surface area contributed by atoms with Gasteiger partial charge in [-0.05, 0) is 68.0 Å². The molecule has 0 heterocycles. The van der Waals surface area contributed by atoms with Crippen LogP contribution in [0.5, 0.6) is 5.75 Å². The fourth-order valence-electron chi connectivity index (χ4n) is 2.26. The molecule has 6 nitrogen and oxygen atoms in total. The molecular weight excluding hydrogens is 444 g/mol. The van der Waals surface area contributed by atoms with Crippen LogP contribution < -0.4 is 15.4 Å². The summed E-state index contributed by atoms with van der Waals surface area (Å²) in [7, 11) is 0. The van der Waals surface area contributed by atoms with Crippen molar-refractivity contribution < 1.29 is 19.1 Å². The molecule has 0 bridgehead atoms. The highest BCUT2D eigenvalue weighted by Crippen LogP contribution is 2.23. The van der Waals surface area contributed by atoms with E-state index in [1.54, 1.807) is 42.5 Å². The summed E-state index contributed by atoms with van der Waals surface area (Å²) >= 11 is 8.56. The van der Waals surface area contributed by atoms with Gasteiger partial charge < -0.3 is 14.8 Å². The second kappa shape index (κ2) is 10.8. The van der Waals surface area contributed by atoms with Crippen molar-refractivity contribution >= 4 is 50.8 Å². The lowest BCUT2D eigenvalue weighted by atomic mass is 10.2. The minimum Gasteiger partial charge on any atom is -0.493 e. The van der Waals surface area contributed by atoms with Crippen molar-refractivity contribution in [2.45, 2.75) is 20.3 Å². The van der Waals surface area contributed by atoms with Crippen molar-refractivity contribution in [3.05, 3.63) is 58.1 Å². The number of amides is 1. The first-order valence-electron chi connectivity index (χ1n) is 8.76. The van der Waals surface area contributed by atoms with Crippen LogP contribution in [-0.2, 0) is 4.74 Å². The number of ether oxygens (including phenoxy) is 2. The Labute approximate surface area is 177 Å². The van der Waals surface area contributed by atoms with Crippen LogP contribution in [0.1, 0.15) is 41.0 Å². The van der Waals surface area contributed by atoms with E-state index in [9.17, 15) is 9.59 Å². The molecule has 2 aromatic carbocycles. The number of carbonyl (C=O) groups excluding carboxylic acids is 2. The zero-order valence-corrected chi connectivity index (χ0v) is 18.0. The van der Waals surface area contributed by atoms with Crippen LogP contribution in [-0.4, -0.2) is 30.2 Å². The van der Waals surface area contributed by atoms with Gasteiger partial charge in [-0.3, -0.25) is 10.1 Å². The monoisotopic (exact) mass is 464 g/mol. The van der Waals surface area contributed by atoms with E-state index in [2.05, 4.69) is 26.6 Å². The van der Waals surface area contributed by atoms with Crippen LogP contribution in [0, 0.1) is 0 Å². The maximum Gasteiger partial charge on any atom is 0.338 e. The topological polar surface area (TPSA) is 76.7 Å². The van der Waals surface area contributed by atoms with Crippen LogP contribution in [0.4, 0.5) is 5.69 Å². The number of carbonyl (C=O) groups is 2. The summed E-state index contributed by atoms with van der Waals surface area (Å²) in [5.41, 5.74) is 1.45. The van der Waals surface area contributed by atoms with E-state index in [4.69, 9.17) is 21.7 Å². The molecule has 0 aliphatic carbocycles. The average Bonchev–Trinajstić information content (AvgIpc) is 2.68. The second-order valence-corrected chi connectivity index (χ2v) is 7.02. The van der Waals surface area contributed by atoms with E-state index in [-0.39, 0.29) is 17.0 Å². The quantitative estimate of drug-likeness (QED) is 0.462. The van der Waals surface area contributed by atoms with Gasteiger partial charge in [-0.1, -0.05) is 22.9 Å². The third-order valence-electron chi connectivity index (χ3n) is 3.53. The Morgan fingerprint density at radius 1 is 1.11 bits per heavy atom. The van der Waals surface area contributed by atoms with Crippen molar-refractivity contribution in [2.24, 2.45) is 0 Å². The SMILES string of the molecule is CCCOC(=O)c1ccc(NC(=S)NC(=O)c2cc(Br)ccc2OCC)cc1. The number of halogens is 1.